The van der Waals surface area contributed by atoms with Gasteiger partial charge in [0.05, 0.1) is 19.6 Å². The van der Waals surface area contributed by atoms with Crippen LogP contribution in [-0.4, -0.2) is 49.1 Å². The zero-order chi connectivity index (χ0) is 26.2. The van der Waals surface area contributed by atoms with Crippen LogP contribution in [0.4, 0.5) is 10.5 Å². The van der Waals surface area contributed by atoms with Crippen LogP contribution in [0.1, 0.15) is 28.4 Å². The smallest absolute Gasteiger partial charge is 0.411 e. The van der Waals surface area contributed by atoms with Crippen LogP contribution in [0.2, 0.25) is 0 Å². The average Bonchev–Trinajstić information content (AvgIpc) is 3.22. The number of methoxy groups -OCH3 is 1. The molecule has 8 nitrogen and oxygen atoms in total. The van der Waals surface area contributed by atoms with Gasteiger partial charge in [0.15, 0.2) is 12.1 Å². The van der Waals surface area contributed by atoms with Gasteiger partial charge >= 0.3 is 6.09 Å². The number of rotatable bonds is 10. The van der Waals surface area contributed by atoms with Crippen molar-refractivity contribution in [1.29, 1.82) is 0 Å². The first kappa shape index (κ1) is 25.9. The van der Waals surface area contributed by atoms with Crippen molar-refractivity contribution < 1.29 is 23.9 Å². The second-order valence-corrected chi connectivity index (χ2v) is 8.98. The van der Waals surface area contributed by atoms with Crippen LogP contribution < -0.4 is 10.6 Å². The number of aryl methyl sites for hydroxylation is 1. The van der Waals surface area contributed by atoms with Gasteiger partial charge in [-0.2, -0.15) is 0 Å². The molecule has 1 heterocycles. The first-order valence-electron chi connectivity index (χ1n) is 12.2. The topological polar surface area (TPSA) is 97.0 Å². The van der Waals surface area contributed by atoms with Crippen molar-refractivity contribution in [3.8, 4) is 0 Å². The number of anilines is 1. The minimum absolute atomic E-state index is 0.165. The third-order valence-electron chi connectivity index (χ3n) is 6.14. The summed E-state index contributed by atoms with van der Waals surface area (Å²) in [6, 6.07) is 23.4. The third-order valence-corrected chi connectivity index (χ3v) is 6.14. The molecular weight excluding hydrogens is 470 g/mol. The number of carbonyl (C=O) groups is 3. The Morgan fingerprint density at radius 2 is 1.73 bits per heavy atom. The molecule has 2 unspecified atom stereocenters. The number of hydrogen-bond acceptors (Lipinski definition) is 5. The Balaban J connectivity index is 1.55. The van der Waals surface area contributed by atoms with E-state index in [2.05, 4.69) is 10.6 Å². The predicted molar refractivity (Wildman–Crippen MR) is 140 cm³/mol. The van der Waals surface area contributed by atoms with Crippen LogP contribution in [0.3, 0.4) is 0 Å². The van der Waals surface area contributed by atoms with Crippen LogP contribution in [0.5, 0.6) is 0 Å². The Labute approximate surface area is 216 Å². The molecule has 3 aromatic rings. The molecule has 0 bridgehead atoms. The highest BCUT2D eigenvalue weighted by molar-refractivity contribution is 5.92. The molecule has 0 aliphatic carbocycles. The van der Waals surface area contributed by atoms with E-state index in [0.29, 0.717) is 24.4 Å². The van der Waals surface area contributed by atoms with E-state index in [9.17, 15) is 14.4 Å². The van der Waals surface area contributed by atoms with Crippen LogP contribution in [-0.2, 0) is 32.0 Å². The Bertz CT molecular complexity index is 1230. The van der Waals surface area contributed by atoms with Crippen LogP contribution >= 0.6 is 0 Å². The molecule has 0 saturated carbocycles. The summed E-state index contributed by atoms with van der Waals surface area (Å²) >= 11 is 0. The average molecular weight is 502 g/mol. The van der Waals surface area contributed by atoms with E-state index in [1.165, 1.54) is 4.90 Å². The number of nitrogens with one attached hydrogen (secondary N) is 2. The lowest BCUT2D eigenvalue weighted by molar-refractivity contribution is -0.126. The number of nitrogens with zero attached hydrogens (tertiary/aromatic N) is 1. The van der Waals surface area contributed by atoms with Gasteiger partial charge < -0.3 is 20.1 Å². The number of cyclic esters (lactones) is 1. The van der Waals surface area contributed by atoms with E-state index in [1.54, 1.807) is 31.4 Å². The Morgan fingerprint density at radius 3 is 2.46 bits per heavy atom. The quantitative estimate of drug-likeness (QED) is 0.410. The van der Waals surface area contributed by atoms with E-state index in [0.717, 1.165) is 16.7 Å². The van der Waals surface area contributed by atoms with Gasteiger partial charge in [-0.25, -0.2) is 4.79 Å². The van der Waals surface area contributed by atoms with E-state index < -0.39 is 18.2 Å². The number of hydrogen-bond donors (Lipinski definition) is 2. The molecule has 192 valence electrons. The summed E-state index contributed by atoms with van der Waals surface area (Å²) in [5.41, 5.74) is 4.07. The Hall–Kier alpha value is -4.17. The summed E-state index contributed by atoms with van der Waals surface area (Å²) in [4.78, 5) is 40.3. The molecule has 1 saturated heterocycles. The summed E-state index contributed by atoms with van der Waals surface area (Å²) in [5, 5.41) is 5.73. The first-order chi connectivity index (χ1) is 17.9. The second kappa shape index (κ2) is 12.2. The van der Waals surface area contributed by atoms with Gasteiger partial charge in [0.25, 0.3) is 0 Å². The van der Waals surface area contributed by atoms with Crippen molar-refractivity contribution in [3.05, 3.63) is 101 Å². The maximum atomic E-state index is 13.3. The van der Waals surface area contributed by atoms with Crippen LogP contribution in [0.15, 0.2) is 78.9 Å². The van der Waals surface area contributed by atoms with Crippen molar-refractivity contribution in [2.75, 3.05) is 25.6 Å². The summed E-state index contributed by atoms with van der Waals surface area (Å²) in [6.45, 7) is 2.87. The van der Waals surface area contributed by atoms with Crippen molar-refractivity contribution in [1.82, 2.24) is 10.2 Å². The molecule has 1 fully saturated rings. The summed E-state index contributed by atoms with van der Waals surface area (Å²) in [7, 11) is 1.55. The Morgan fingerprint density at radius 1 is 0.973 bits per heavy atom. The molecule has 2 atom stereocenters. The molecule has 3 amide bonds. The van der Waals surface area contributed by atoms with E-state index in [-0.39, 0.29) is 24.8 Å². The lowest BCUT2D eigenvalue weighted by Crippen LogP contribution is -2.47. The van der Waals surface area contributed by atoms with Crippen LogP contribution in [0, 0.1) is 6.92 Å². The maximum Gasteiger partial charge on any atom is 0.411 e. The number of amides is 3. The van der Waals surface area contributed by atoms with Crippen molar-refractivity contribution >= 4 is 23.6 Å². The second-order valence-electron chi connectivity index (χ2n) is 8.98. The van der Waals surface area contributed by atoms with Gasteiger partial charge in [-0.15, -0.1) is 0 Å². The Kier molecular flexibility index (Phi) is 8.53. The minimum Gasteiger partial charge on any atom is -0.438 e. The molecule has 37 heavy (non-hydrogen) atoms. The molecular formula is C29H31N3O5. The molecule has 1 aliphatic heterocycles. The molecule has 4 rings (SSSR count). The van der Waals surface area contributed by atoms with Gasteiger partial charge in [-0.05, 0) is 35.7 Å². The lowest BCUT2D eigenvalue weighted by atomic mass is 10.00. The standard InChI is InChI=1S/C29H31N3O5/c1-20-11-13-22(14-12-20)19-32-26(28(34)30-15-16-36-2)27(37-29(32)35)23-9-6-10-24(18-23)31-25(33)17-21-7-4-3-5-8-21/h3-14,18,26-27H,15-17,19H2,1-2H3,(H,30,34)(H,31,33). The van der Waals surface area contributed by atoms with Gasteiger partial charge in [0.2, 0.25) is 11.8 Å². The fourth-order valence-electron chi connectivity index (χ4n) is 4.26. The van der Waals surface area contributed by atoms with Gasteiger partial charge in [0.1, 0.15) is 0 Å². The van der Waals surface area contributed by atoms with Gasteiger partial charge in [0, 0.05) is 19.3 Å². The first-order valence-corrected chi connectivity index (χ1v) is 12.2. The molecule has 0 radical (unpaired) electrons. The predicted octanol–water partition coefficient (Wildman–Crippen LogP) is 4.00. The van der Waals surface area contributed by atoms with E-state index in [4.69, 9.17) is 9.47 Å². The van der Waals surface area contributed by atoms with Crippen molar-refractivity contribution in [3.63, 3.8) is 0 Å². The van der Waals surface area contributed by atoms with E-state index in [1.807, 2.05) is 61.5 Å². The van der Waals surface area contributed by atoms with Crippen molar-refractivity contribution in [2.45, 2.75) is 32.0 Å². The van der Waals surface area contributed by atoms with Gasteiger partial charge in [-0.1, -0.05) is 72.3 Å². The fraction of sp³-hybridized carbons (Fsp3) is 0.276. The minimum atomic E-state index is -0.888. The summed E-state index contributed by atoms with van der Waals surface area (Å²) < 4.78 is 10.8. The number of benzene rings is 3. The summed E-state index contributed by atoms with van der Waals surface area (Å²) in [6.07, 6.45) is -1.18. The number of ether oxygens (including phenoxy) is 2. The highest BCUT2D eigenvalue weighted by atomic mass is 16.6. The maximum absolute atomic E-state index is 13.3. The molecule has 3 aromatic carbocycles. The molecule has 0 spiro atoms. The summed E-state index contributed by atoms with van der Waals surface area (Å²) in [5.74, 6) is -0.500. The largest absolute Gasteiger partial charge is 0.438 e. The SMILES string of the molecule is COCCNC(=O)C1C(c2cccc(NC(=O)Cc3ccccc3)c2)OC(=O)N1Cc1ccc(C)cc1. The van der Waals surface area contributed by atoms with Gasteiger partial charge in [-0.3, -0.25) is 14.5 Å². The highest BCUT2D eigenvalue weighted by Crippen LogP contribution is 2.35. The highest BCUT2D eigenvalue weighted by Gasteiger charge is 2.47. The molecule has 2 N–H and O–H groups in total. The lowest BCUT2D eigenvalue weighted by Gasteiger charge is -2.24. The zero-order valence-corrected chi connectivity index (χ0v) is 21.0. The fourth-order valence-corrected chi connectivity index (χ4v) is 4.26. The van der Waals surface area contributed by atoms with Crippen LogP contribution in [0.25, 0.3) is 0 Å². The third kappa shape index (κ3) is 6.74. The normalized spacial score (nSPS) is 16.8. The molecule has 8 heteroatoms. The zero-order valence-electron chi connectivity index (χ0n) is 21.0. The monoisotopic (exact) mass is 501 g/mol. The molecule has 0 aromatic heterocycles. The van der Waals surface area contributed by atoms with E-state index >= 15 is 0 Å². The molecule has 1 aliphatic rings. The van der Waals surface area contributed by atoms with Crippen molar-refractivity contribution in [2.24, 2.45) is 0 Å². The number of carbonyl (C=O) groups excluding carboxylic acids is 3.